The van der Waals surface area contributed by atoms with Gasteiger partial charge in [0.05, 0.1) is 6.54 Å². The molecule has 0 spiro atoms. The zero-order valence-corrected chi connectivity index (χ0v) is 19.0. The SMILES string of the molecule is CN1CCC(CN=C(N)NC2CCCCCC2)(N2CCCCC2)CC1.I. The zero-order chi connectivity index (χ0) is 17.5. The Bertz CT molecular complexity index is 420. The van der Waals surface area contributed by atoms with Crippen LogP contribution in [-0.2, 0) is 0 Å². The van der Waals surface area contributed by atoms with Gasteiger partial charge in [-0.25, -0.2) is 0 Å². The number of hydrogen-bond donors (Lipinski definition) is 2. The van der Waals surface area contributed by atoms with Crippen molar-refractivity contribution in [2.75, 3.05) is 39.8 Å². The second-order valence-electron chi connectivity index (χ2n) is 8.61. The Balaban J connectivity index is 0.00000243. The zero-order valence-electron chi connectivity index (χ0n) is 16.7. The third-order valence-electron chi connectivity index (χ3n) is 6.70. The molecule has 0 amide bonds. The topological polar surface area (TPSA) is 56.9 Å². The number of halogens is 1. The maximum atomic E-state index is 6.30. The molecule has 2 heterocycles. The Hall–Kier alpha value is -0.0800. The van der Waals surface area contributed by atoms with Crippen molar-refractivity contribution in [2.24, 2.45) is 10.7 Å². The van der Waals surface area contributed by atoms with Crippen LogP contribution in [0.5, 0.6) is 0 Å². The third kappa shape index (κ3) is 6.23. The van der Waals surface area contributed by atoms with Crippen LogP contribution >= 0.6 is 24.0 Å². The minimum absolute atomic E-state index is 0. The molecular weight excluding hydrogens is 437 g/mol. The second kappa shape index (κ2) is 11.1. The van der Waals surface area contributed by atoms with Gasteiger partial charge in [-0.1, -0.05) is 32.1 Å². The van der Waals surface area contributed by atoms with Gasteiger partial charge in [0.15, 0.2) is 5.96 Å². The first-order chi connectivity index (χ1) is 12.2. The fourth-order valence-electron chi connectivity index (χ4n) is 4.89. The molecule has 152 valence electrons. The molecule has 1 aliphatic carbocycles. The maximum absolute atomic E-state index is 6.30. The van der Waals surface area contributed by atoms with Crippen molar-refractivity contribution in [3.8, 4) is 0 Å². The van der Waals surface area contributed by atoms with Gasteiger partial charge < -0.3 is 16.0 Å². The maximum Gasteiger partial charge on any atom is 0.188 e. The molecular formula is C20H40IN5. The fraction of sp³-hybridized carbons (Fsp3) is 0.950. The first-order valence-corrected chi connectivity index (χ1v) is 10.7. The number of likely N-dealkylation sites (tertiary alicyclic amines) is 2. The van der Waals surface area contributed by atoms with E-state index < -0.39 is 0 Å². The van der Waals surface area contributed by atoms with E-state index in [1.807, 2.05) is 0 Å². The summed E-state index contributed by atoms with van der Waals surface area (Å²) in [5.41, 5.74) is 6.54. The van der Waals surface area contributed by atoms with Crippen molar-refractivity contribution in [1.82, 2.24) is 15.1 Å². The van der Waals surface area contributed by atoms with E-state index in [1.165, 1.54) is 96.8 Å². The summed E-state index contributed by atoms with van der Waals surface area (Å²) >= 11 is 0. The molecule has 2 aliphatic heterocycles. The first kappa shape index (κ1) is 22.2. The Morgan fingerprint density at radius 2 is 1.54 bits per heavy atom. The standard InChI is InChI=1S/C20H39N5.HI/c1-24-15-11-20(12-16-24,25-13-7-4-8-14-25)17-22-19(21)23-18-9-5-2-3-6-10-18;/h18H,2-17H2,1H3,(H3,21,22,23);1H. The lowest BCUT2D eigenvalue weighted by molar-refractivity contribution is 0.0208. The van der Waals surface area contributed by atoms with Crippen LogP contribution < -0.4 is 11.1 Å². The van der Waals surface area contributed by atoms with Crippen molar-refractivity contribution < 1.29 is 0 Å². The van der Waals surface area contributed by atoms with E-state index >= 15 is 0 Å². The fourth-order valence-corrected chi connectivity index (χ4v) is 4.89. The number of aliphatic imine (C=N–C) groups is 1. The largest absolute Gasteiger partial charge is 0.370 e. The third-order valence-corrected chi connectivity index (χ3v) is 6.70. The number of hydrogen-bond acceptors (Lipinski definition) is 3. The minimum atomic E-state index is 0. The quantitative estimate of drug-likeness (QED) is 0.283. The van der Waals surface area contributed by atoms with Crippen LogP contribution in [0.3, 0.4) is 0 Å². The molecule has 3 rings (SSSR count). The highest BCUT2D eigenvalue weighted by Crippen LogP contribution is 2.31. The number of nitrogens with two attached hydrogens (primary N) is 1. The lowest BCUT2D eigenvalue weighted by Crippen LogP contribution is -2.58. The lowest BCUT2D eigenvalue weighted by atomic mass is 9.84. The Morgan fingerprint density at radius 3 is 2.15 bits per heavy atom. The molecule has 0 radical (unpaired) electrons. The van der Waals surface area contributed by atoms with Gasteiger partial charge in [0, 0.05) is 11.6 Å². The highest BCUT2D eigenvalue weighted by molar-refractivity contribution is 14.0. The molecule has 26 heavy (non-hydrogen) atoms. The van der Waals surface area contributed by atoms with E-state index in [2.05, 4.69) is 22.2 Å². The van der Waals surface area contributed by atoms with E-state index in [-0.39, 0.29) is 29.5 Å². The molecule has 0 unspecified atom stereocenters. The predicted octanol–water partition coefficient (Wildman–Crippen LogP) is 3.18. The van der Waals surface area contributed by atoms with Gasteiger partial charge in [-0.3, -0.25) is 9.89 Å². The summed E-state index contributed by atoms with van der Waals surface area (Å²) in [4.78, 5) is 10.1. The van der Waals surface area contributed by atoms with E-state index in [4.69, 9.17) is 10.7 Å². The summed E-state index contributed by atoms with van der Waals surface area (Å²) < 4.78 is 0. The lowest BCUT2D eigenvalue weighted by Gasteiger charge is -2.49. The summed E-state index contributed by atoms with van der Waals surface area (Å²) in [6.45, 7) is 5.72. The number of nitrogens with zero attached hydrogens (tertiary/aromatic N) is 3. The Labute approximate surface area is 177 Å². The average molecular weight is 477 g/mol. The molecule has 0 aromatic heterocycles. The van der Waals surface area contributed by atoms with E-state index in [1.54, 1.807) is 0 Å². The molecule has 3 fully saturated rings. The van der Waals surface area contributed by atoms with Crippen molar-refractivity contribution in [1.29, 1.82) is 0 Å². The normalized spacial score (nSPS) is 26.7. The van der Waals surface area contributed by atoms with Crippen molar-refractivity contribution in [3.05, 3.63) is 0 Å². The van der Waals surface area contributed by atoms with Gasteiger partial charge >= 0.3 is 0 Å². The van der Waals surface area contributed by atoms with Crippen LogP contribution in [0, 0.1) is 0 Å². The van der Waals surface area contributed by atoms with E-state index in [9.17, 15) is 0 Å². The molecule has 5 nitrogen and oxygen atoms in total. The van der Waals surface area contributed by atoms with Gasteiger partial charge in [-0.05, 0) is 71.8 Å². The van der Waals surface area contributed by atoms with Gasteiger partial charge in [0.25, 0.3) is 0 Å². The molecule has 6 heteroatoms. The van der Waals surface area contributed by atoms with Gasteiger partial charge in [-0.15, -0.1) is 24.0 Å². The number of piperidine rings is 2. The summed E-state index contributed by atoms with van der Waals surface area (Å²) in [5, 5.41) is 3.53. The van der Waals surface area contributed by atoms with Gasteiger partial charge in [0.1, 0.15) is 0 Å². The molecule has 0 aromatic carbocycles. The Kier molecular flexibility index (Phi) is 9.44. The van der Waals surface area contributed by atoms with Gasteiger partial charge in [-0.2, -0.15) is 0 Å². The predicted molar refractivity (Wildman–Crippen MR) is 121 cm³/mol. The van der Waals surface area contributed by atoms with Crippen molar-refractivity contribution in [3.63, 3.8) is 0 Å². The number of nitrogens with one attached hydrogen (secondary N) is 1. The van der Waals surface area contributed by atoms with E-state index in [0.29, 0.717) is 12.0 Å². The summed E-state index contributed by atoms with van der Waals surface area (Å²) in [6, 6.07) is 0.537. The smallest absolute Gasteiger partial charge is 0.188 e. The highest BCUT2D eigenvalue weighted by Gasteiger charge is 2.39. The van der Waals surface area contributed by atoms with Crippen LogP contribution in [0.25, 0.3) is 0 Å². The van der Waals surface area contributed by atoms with Crippen LogP contribution in [0.1, 0.15) is 70.6 Å². The Morgan fingerprint density at radius 1 is 0.962 bits per heavy atom. The first-order valence-electron chi connectivity index (χ1n) is 10.7. The van der Waals surface area contributed by atoms with Crippen LogP contribution in [0.15, 0.2) is 4.99 Å². The minimum Gasteiger partial charge on any atom is -0.370 e. The molecule has 3 N–H and O–H groups in total. The van der Waals surface area contributed by atoms with Crippen molar-refractivity contribution in [2.45, 2.75) is 82.2 Å². The second-order valence-corrected chi connectivity index (χ2v) is 8.61. The monoisotopic (exact) mass is 477 g/mol. The average Bonchev–Trinajstić information content (AvgIpc) is 2.91. The molecule has 0 atom stereocenters. The molecule has 2 saturated heterocycles. The van der Waals surface area contributed by atoms with Crippen molar-refractivity contribution >= 4 is 29.9 Å². The molecule has 3 aliphatic rings. The van der Waals surface area contributed by atoms with Crippen LogP contribution in [-0.4, -0.2) is 67.1 Å². The molecule has 0 bridgehead atoms. The van der Waals surface area contributed by atoms with E-state index in [0.717, 1.165) is 6.54 Å². The highest BCUT2D eigenvalue weighted by atomic mass is 127. The van der Waals surface area contributed by atoms with Crippen LogP contribution in [0.4, 0.5) is 0 Å². The van der Waals surface area contributed by atoms with Gasteiger partial charge in [0.2, 0.25) is 0 Å². The molecule has 1 saturated carbocycles. The number of guanidine groups is 1. The summed E-state index contributed by atoms with van der Waals surface area (Å²) in [6.07, 6.45) is 14.4. The summed E-state index contributed by atoms with van der Waals surface area (Å²) in [7, 11) is 2.24. The van der Waals surface area contributed by atoms with Crippen LogP contribution in [0.2, 0.25) is 0 Å². The molecule has 0 aromatic rings. The number of rotatable bonds is 4. The summed E-state index contributed by atoms with van der Waals surface area (Å²) in [5.74, 6) is 0.683.